The molecular formula is C58H59N. The first-order valence-corrected chi connectivity index (χ1v) is 24.0. The molecule has 0 amide bonds. The first kappa shape index (κ1) is 33.6. The van der Waals surface area contributed by atoms with Crippen molar-refractivity contribution in [1.29, 1.82) is 0 Å². The van der Waals surface area contributed by atoms with Gasteiger partial charge < -0.3 is 4.90 Å². The highest BCUT2D eigenvalue weighted by molar-refractivity contribution is 5.88. The van der Waals surface area contributed by atoms with E-state index in [4.69, 9.17) is 0 Å². The van der Waals surface area contributed by atoms with Crippen LogP contribution in [0.15, 0.2) is 109 Å². The number of benzene rings is 5. The van der Waals surface area contributed by atoms with Crippen LogP contribution in [0.5, 0.6) is 0 Å². The van der Waals surface area contributed by atoms with Gasteiger partial charge in [-0.05, 0) is 220 Å². The average Bonchev–Trinajstić information content (AvgIpc) is 4.01. The van der Waals surface area contributed by atoms with Crippen molar-refractivity contribution in [1.82, 2.24) is 0 Å². The predicted octanol–water partition coefficient (Wildman–Crippen LogP) is 14.6. The molecule has 10 aliphatic carbocycles. The number of rotatable bonds is 5. The lowest BCUT2D eigenvalue weighted by Crippen LogP contribution is -2.73. The van der Waals surface area contributed by atoms with Gasteiger partial charge in [-0.1, -0.05) is 100 Å². The van der Waals surface area contributed by atoms with Gasteiger partial charge in [0, 0.05) is 27.9 Å². The van der Waals surface area contributed by atoms with Gasteiger partial charge >= 0.3 is 0 Å². The standard InChI is InChI=1S/C58H59N/c1-53(2)22-23-54(3,4)52-44(9-7-11-48(52)53)36-12-16-41(17-13-36)59(42-18-14-37(15-19-42)55-30-35-25-39-27-40(33-55)57(39,55)32-35)43-20-21-46-45-8-5-6-10-47(45)58(49(46)29-43)50-26-34-24-38-28-51(58)56(38,50)31-34/h5-21,29,34-35,38-40,50-51H,22-28,30-33H2,1-4H3. The van der Waals surface area contributed by atoms with Crippen LogP contribution in [-0.4, -0.2) is 0 Å². The molecule has 8 saturated carbocycles. The van der Waals surface area contributed by atoms with E-state index in [0.29, 0.717) is 16.2 Å². The van der Waals surface area contributed by atoms with E-state index < -0.39 is 0 Å². The molecule has 296 valence electrons. The van der Waals surface area contributed by atoms with E-state index in [1.807, 2.05) is 0 Å². The molecule has 4 bridgehead atoms. The minimum atomic E-state index is 0.156. The fraction of sp³-hybridized carbons (Fsp3) is 0.483. The summed E-state index contributed by atoms with van der Waals surface area (Å²) in [6.45, 7) is 9.84. The van der Waals surface area contributed by atoms with Crippen molar-refractivity contribution in [3.8, 4) is 22.3 Å². The van der Waals surface area contributed by atoms with E-state index in [0.717, 1.165) is 41.4 Å². The maximum atomic E-state index is 2.70. The van der Waals surface area contributed by atoms with Gasteiger partial charge in [-0.2, -0.15) is 0 Å². The third-order valence-electron chi connectivity index (χ3n) is 21.2. The van der Waals surface area contributed by atoms with Crippen LogP contribution in [0.25, 0.3) is 22.3 Å². The van der Waals surface area contributed by atoms with Crippen LogP contribution in [0.3, 0.4) is 0 Å². The number of hydrogen-bond donors (Lipinski definition) is 0. The largest absolute Gasteiger partial charge is 0.310 e. The fourth-order valence-corrected chi connectivity index (χ4v) is 19.3. The Hall–Kier alpha value is -4.10. The molecular weight excluding hydrogens is 711 g/mol. The quantitative estimate of drug-likeness (QED) is 0.172. The average molecular weight is 770 g/mol. The molecule has 11 atom stereocenters. The first-order chi connectivity index (χ1) is 28.6. The van der Waals surface area contributed by atoms with Crippen LogP contribution >= 0.6 is 0 Å². The molecule has 0 heterocycles. The van der Waals surface area contributed by atoms with E-state index in [2.05, 4.69) is 142 Å². The minimum absolute atomic E-state index is 0.156. The Labute approximate surface area is 352 Å². The smallest absolute Gasteiger partial charge is 0.0465 e. The van der Waals surface area contributed by atoms with Crippen molar-refractivity contribution >= 4 is 17.1 Å². The summed E-state index contributed by atoms with van der Waals surface area (Å²) in [6.07, 6.45) is 15.8. The van der Waals surface area contributed by atoms with Crippen LogP contribution in [0.2, 0.25) is 0 Å². The Morgan fingerprint density at radius 2 is 1.19 bits per heavy atom. The lowest BCUT2D eigenvalue weighted by molar-refractivity contribution is -0.231. The summed E-state index contributed by atoms with van der Waals surface area (Å²) in [6, 6.07) is 44.4. The molecule has 1 nitrogen and oxygen atoms in total. The zero-order valence-corrected chi connectivity index (χ0v) is 35.7. The molecule has 0 radical (unpaired) electrons. The molecule has 0 N–H and O–H groups in total. The molecule has 1 heteroatoms. The van der Waals surface area contributed by atoms with E-state index in [9.17, 15) is 0 Å². The number of nitrogens with zero attached hydrogens (tertiary/aromatic N) is 1. The normalized spacial score (nSPS) is 40.2. The van der Waals surface area contributed by atoms with Crippen LogP contribution < -0.4 is 4.90 Å². The van der Waals surface area contributed by atoms with Crippen LogP contribution in [0, 0.1) is 52.3 Å². The zero-order chi connectivity index (χ0) is 39.1. The number of anilines is 3. The molecule has 0 aromatic heterocycles. The van der Waals surface area contributed by atoms with Crippen molar-refractivity contribution in [2.45, 2.75) is 120 Å². The van der Waals surface area contributed by atoms with E-state index in [-0.39, 0.29) is 16.2 Å². The van der Waals surface area contributed by atoms with Gasteiger partial charge in [-0.3, -0.25) is 0 Å². The maximum Gasteiger partial charge on any atom is 0.0465 e. The second kappa shape index (κ2) is 10.3. The van der Waals surface area contributed by atoms with Gasteiger partial charge in [0.25, 0.3) is 0 Å². The molecule has 3 spiro atoms. The molecule has 5 aromatic rings. The Morgan fingerprint density at radius 3 is 1.98 bits per heavy atom. The van der Waals surface area contributed by atoms with Crippen LogP contribution in [0.4, 0.5) is 17.1 Å². The van der Waals surface area contributed by atoms with Crippen molar-refractivity contribution in [2.75, 3.05) is 4.90 Å². The summed E-state index contributed by atoms with van der Waals surface area (Å²) < 4.78 is 0. The second-order valence-electron chi connectivity index (χ2n) is 23.7. The Morgan fingerprint density at radius 1 is 0.492 bits per heavy atom. The monoisotopic (exact) mass is 769 g/mol. The number of fused-ring (bicyclic) bond motifs is 10. The fourth-order valence-electron chi connectivity index (χ4n) is 19.3. The highest BCUT2D eigenvalue weighted by atomic mass is 15.1. The van der Waals surface area contributed by atoms with Crippen molar-refractivity contribution in [3.05, 3.63) is 137 Å². The highest BCUT2D eigenvalue weighted by Gasteiger charge is 2.85. The molecule has 59 heavy (non-hydrogen) atoms. The van der Waals surface area contributed by atoms with Gasteiger partial charge in [-0.15, -0.1) is 0 Å². The number of hydrogen-bond acceptors (Lipinski definition) is 1. The summed E-state index contributed by atoms with van der Waals surface area (Å²) in [5, 5.41) is 0. The lowest BCUT2D eigenvalue weighted by atomic mass is 9.27. The van der Waals surface area contributed by atoms with Crippen LogP contribution in [-0.2, 0) is 21.7 Å². The summed E-state index contributed by atoms with van der Waals surface area (Å²) in [5.41, 5.74) is 20.0. The van der Waals surface area contributed by atoms with Crippen molar-refractivity contribution < 1.29 is 0 Å². The minimum Gasteiger partial charge on any atom is -0.310 e. The molecule has 0 aliphatic heterocycles. The summed E-state index contributed by atoms with van der Waals surface area (Å²) in [5.74, 6) is 6.59. The third kappa shape index (κ3) is 3.56. The highest BCUT2D eigenvalue weighted by Crippen LogP contribution is 2.90. The van der Waals surface area contributed by atoms with Gasteiger partial charge in [0.15, 0.2) is 0 Å². The van der Waals surface area contributed by atoms with E-state index in [1.54, 1.807) is 22.3 Å². The predicted molar refractivity (Wildman–Crippen MR) is 241 cm³/mol. The first-order valence-electron chi connectivity index (χ1n) is 24.0. The topological polar surface area (TPSA) is 3.24 Å². The summed E-state index contributed by atoms with van der Waals surface area (Å²) in [7, 11) is 0. The zero-order valence-electron chi connectivity index (χ0n) is 35.7. The SMILES string of the molecule is CC1(C)CCC(C)(C)c2c(-c3ccc(N(c4ccc(C56CC7CC8CC(C5)C86C7)cc4)c4ccc5c(c4)C4(c6ccccc6-5)C5CC6CC7CC4C75C6)cc3)cccc21. The van der Waals surface area contributed by atoms with Crippen molar-refractivity contribution in [2.24, 2.45) is 52.3 Å². The maximum absolute atomic E-state index is 2.70. The van der Waals surface area contributed by atoms with Gasteiger partial charge in [-0.25, -0.2) is 0 Å². The van der Waals surface area contributed by atoms with Gasteiger partial charge in [0.05, 0.1) is 0 Å². The summed E-state index contributed by atoms with van der Waals surface area (Å²) in [4.78, 5) is 2.63. The van der Waals surface area contributed by atoms with Crippen molar-refractivity contribution in [3.63, 3.8) is 0 Å². The van der Waals surface area contributed by atoms with E-state index in [1.165, 1.54) is 116 Å². The Kier molecular flexibility index (Phi) is 5.88. The molecule has 11 unspecified atom stereocenters. The lowest BCUT2D eigenvalue weighted by Gasteiger charge is -2.76. The van der Waals surface area contributed by atoms with E-state index >= 15 is 0 Å². The molecule has 5 aromatic carbocycles. The Bertz CT molecular complexity index is 2680. The molecule has 10 aliphatic rings. The third-order valence-corrected chi connectivity index (χ3v) is 21.2. The molecule has 8 fully saturated rings. The summed E-state index contributed by atoms with van der Waals surface area (Å²) >= 11 is 0. The van der Waals surface area contributed by atoms with Gasteiger partial charge in [0.2, 0.25) is 0 Å². The molecule has 0 saturated heterocycles. The van der Waals surface area contributed by atoms with Crippen LogP contribution in [0.1, 0.15) is 126 Å². The Balaban J connectivity index is 0.872. The van der Waals surface area contributed by atoms with Gasteiger partial charge in [0.1, 0.15) is 0 Å². The molecule has 15 rings (SSSR count). The second-order valence-corrected chi connectivity index (χ2v) is 23.7.